The molecule has 24 heavy (non-hydrogen) atoms. The Kier molecular flexibility index (Phi) is 3.97. The zero-order valence-corrected chi connectivity index (χ0v) is 13.5. The van der Waals surface area contributed by atoms with Gasteiger partial charge in [0.15, 0.2) is 0 Å². The van der Waals surface area contributed by atoms with Crippen LogP contribution in [0.3, 0.4) is 0 Å². The number of nitrogens with one attached hydrogen (secondary N) is 1. The van der Waals surface area contributed by atoms with Gasteiger partial charge >= 0.3 is 0 Å². The first-order valence-electron chi connectivity index (χ1n) is 8.34. The third-order valence-electron chi connectivity index (χ3n) is 4.75. The van der Waals surface area contributed by atoms with Gasteiger partial charge in [0.05, 0.1) is 5.54 Å². The highest BCUT2D eigenvalue weighted by Gasteiger charge is 2.35. The van der Waals surface area contributed by atoms with Crippen LogP contribution >= 0.6 is 0 Å². The monoisotopic (exact) mass is 312 g/mol. The zero-order chi connectivity index (χ0) is 16.2. The Labute approximate surface area is 142 Å². The second-order valence-corrected chi connectivity index (χ2v) is 6.17. The van der Waals surface area contributed by atoms with E-state index in [4.69, 9.17) is 0 Å². The summed E-state index contributed by atoms with van der Waals surface area (Å²) in [5, 5.41) is 3.84. The van der Waals surface area contributed by atoms with Crippen LogP contribution < -0.4 is 5.32 Å². The molecule has 0 amide bonds. The van der Waals surface area contributed by atoms with Gasteiger partial charge in [0.2, 0.25) is 0 Å². The van der Waals surface area contributed by atoms with Crippen molar-refractivity contribution < 1.29 is 0 Å². The lowest BCUT2D eigenvalue weighted by molar-refractivity contribution is 0.398. The highest BCUT2D eigenvalue weighted by Crippen LogP contribution is 2.39. The maximum Gasteiger partial charge on any atom is 0.0734 e. The number of rotatable bonds is 4. The minimum absolute atomic E-state index is 0.199. The van der Waals surface area contributed by atoms with E-state index in [0.29, 0.717) is 0 Å². The number of hydrogen-bond acceptors (Lipinski definition) is 2. The summed E-state index contributed by atoms with van der Waals surface area (Å²) in [5.41, 5.74) is 4.97. The second-order valence-electron chi connectivity index (χ2n) is 6.17. The lowest BCUT2D eigenvalue weighted by Crippen LogP contribution is -2.44. The topological polar surface area (TPSA) is 24.9 Å². The zero-order valence-electron chi connectivity index (χ0n) is 13.5. The molecule has 1 aromatic heterocycles. The van der Waals surface area contributed by atoms with Crippen LogP contribution in [0.15, 0.2) is 85.2 Å². The Bertz CT molecular complexity index is 840. The van der Waals surface area contributed by atoms with Gasteiger partial charge in [-0.15, -0.1) is 0 Å². The van der Waals surface area contributed by atoms with Crippen molar-refractivity contribution in [2.75, 3.05) is 0 Å². The molecule has 3 aromatic rings. The summed E-state index contributed by atoms with van der Waals surface area (Å²) < 4.78 is 0. The van der Waals surface area contributed by atoms with Crippen LogP contribution in [0.25, 0.3) is 6.08 Å². The largest absolute Gasteiger partial charge is 0.299 e. The van der Waals surface area contributed by atoms with Gasteiger partial charge in [0, 0.05) is 18.9 Å². The highest BCUT2D eigenvalue weighted by molar-refractivity contribution is 5.62. The quantitative estimate of drug-likeness (QED) is 0.765. The van der Waals surface area contributed by atoms with Crippen molar-refractivity contribution in [3.63, 3.8) is 0 Å². The van der Waals surface area contributed by atoms with E-state index in [2.05, 4.69) is 89.2 Å². The van der Waals surface area contributed by atoms with E-state index in [0.717, 1.165) is 13.0 Å². The average molecular weight is 312 g/mol. The standard InChI is InChI=1S/C22H20N2/c1-2-9-20(10-3-1)22(24-17-18-12-15-23-16-13-18)14-6-8-19-7-4-5-11-21(19)22/h1-13,15-16,24H,14,17H2. The van der Waals surface area contributed by atoms with E-state index in [-0.39, 0.29) is 5.54 Å². The third-order valence-corrected chi connectivity index (χ3v) is 4.75. The molecule has 2 aromatic carbocycles. The number of pyridine rings is 1. The van der Waals surface area contributed by atoms with Crippen LogP contribution in [-0.2, 0) is 12.1 Å². The Morgan fingerprint density at radius 1 is 0.875 bits per heavy atom. The van der Waals surface area contributed by atoms with Gasteiger partial charge in [-0.25, -0.2) is 0 Å². The van der Waals surface area contributed by atoms with Gasteiger partial charge in [-0.1, -0.05) is 66.7 Å². The van der Waals surface area contributed by atoms with Crippen LogP contribution in [0.1, 0.15) is 28.7 Å². The molecular formula is C22H20N2. The van der Waals surface area contributed by atoms with Crippen molar-refractivity contribution >= 4 is 6.08 Å². The summed E-state index contributed by atoms with van der Waals surface area (Å²) in [7, 11) is 0. The van der Waals surface area contributed by atoms with Gasteiger partial charge in [-0.3, -0.25) is 10.3 Å². The van der Waals surface area contributed by atoms with Crippen molar-refractivity contribution in [3.05, 3.63) is 107 Å². The van der Waals surface area contributed by atoms with Crippen molar-refractivity contribution in [3.8, 4) is 0 Å². The molecule has 0 aliphatic heterocycles. The number of aromatic nitrogens is 1. The fourth-order valence-corrected chi connectivity index (χ4v) is 3.52. The van der Waals surface area contributed by atoms with E-state index in [1.807, 2.05) is 12.4 Å². The predicted molar refractivity (Wildman–Crippen MR) is 98.4 cm³/mol. The molecule has 0 radical (unpaired) electrons. The molecule has 0 fully saturated rings. The Morgan fingerprint density at radius 2 is 1.62 bits per heavy atom. The number of hydrogen-bond donors (Lipinski definition) is 1. The highest BCUT2D eigenvalue weighted by atomic mass is 15.0. The number of benzene rings is 2. The smallest absolute Gasteiger partial charge is 0.0734 e. The molecular weight excluding hydrogens is 292 g/mol. The fraction of sp³-hybridized carbons (Fsp3) is 0.136. The van der Waals surface area contributed by atoms with Gasteiger partial charge in [-0.2, -0.15) is 0 Å². The summed E-state index contributed by atoms with van der Waals surface area (Å²) in [5.74, 6) is 0. The normalized spacial score (nSPS) is 19.0. The predicted octanol–water partition coefficient (Wildman–Crippen LogP) is 4.53. The fourth-order valence-electron chi connectivity index (χ4n) is 3.52. The lowest BCUT2D eigenvalue weighted by Gasteiger charge is -2.39. The summed E-state index contributed by atoms with van der Waals surface area (Å²) in [6.45, 7) is 0.805. The maximum atomic E-state index is 4.11. The SMILES string of the molecule is C1=Cc2ccccc2C(NCc2ccncc2)(c2ccccc2)C1. The molecule has 1 heterocycles. The molecule has 2 heteroatoms. The average Bonchev–Trinajstić information content (AvgIpc) is 2.68. The summed E-state index contributed by atoms with van der Waals surface area (Å²) in [4.78, 5) is 4.11. The van der Waals surface area contributed by atoms with Crippen LogP contribution in [0.2, 0.25) is 0 Å². The minimum atomic E-state index is -0.199. The van der Waals surface area contributed by atoms with E-state index in [1.54, 1.807) is 0 Å². The summed E-state index contributed by atoms with van der Waals surface area (Å²) in [6.07, 6.45) is 9.14. The molecule has 1 atom stereocenters. The second kappa shape index (κ2) is 6.42. The van der Waals surface area contributed by atoms with Crippen LogP contribution in [-0.4, -0.2) is 4.98 Å². The summed E-state index contributed by atoms with van der Waals surface area (Å²) >= 11 is 0. The van der Waals surface area contributed by atoms with Crippen molar-refractivity contribution in [1.29, 1.82) is 0 Å². The molecule has 1 aliphatic rings. The summed E-state index contributed by atoms with van der Waals surface area (Å²) in [6, 6.07) is 23.5. The van der Waals surface area contributed by atoms with E-state index < -0.39 is 0 Å². The van der Waals surface area contributed by atoms with E-state index >= 15 is 0 Å². The van der Waals surface area contributed by atoms with Crippen LogP contribution in [0.5, 0.6) is 0 Å². The molecule has 2 nitrogen and oxygen atoms in total. The third kappa shape index (κ3) is 2.66. The molecule has 1 unspecified atom stereocenters. The Morgan fingerprint density at radius 3 is 2.46 bits per heavy atom. The van der Waals surface area contributed by atoms with Gasteiger partial charge in [0.1, 0.15) is 0 Å². The number of nitrogens with zero attached hydrogens (tertiary/aromatic N) is 1. The maximum absolute atomic E-state index is 4.11. The van der Waals surface area contributed by atoms with E-state index in [1.165, 1.54) is 22.3 Å². The van der Waals surface area contributed by atoms with Crippen molar-refractivity contribution in [1.82, 2.24) is 10.3 Å². The molecule has 4 rings (SSSR count). The molecule has 1 aliphatic carbocycles. The Balaban J connectivity index is 1.78. The van der Waals surface area contributed by atoms with Gasteiger partial charge in [0.25, 0.3) is 0 Å². The first-order valence-corrected chi connectivity index (χ1v) is 8.34. The minimum Gasteiger partial charge on any atom is -0.299 e. The molecule has 118 valence electrons. The van der Waals surface area contributed by atoms with Gasteiger partial charge in [-0.05, 0) is 40.8 Å². The molecule has 0 spiro atoms. The lowest BCUT2D eigenvalue weighted by atomic mass is 9.75. The van der Waals surface area contributed by atoms with Crippen molar-refractivity contribution in [2.24, 2.45) is 0 Å². The van der Waals surface area contributed by atoms with E-state index in [9.17, 15) is 0 Å². The molecule has 1 N–H and O–H groups in total. The first-order chi connectivity index (χ1) is 11.9. The molecule has 0 saturated heterocycles. The Hall–Kier alpha value is -2.71. The molecule has 0 saturated carbocycles. The number of fused-ring (bicyclic) bond motifs is 1. The van der Waals surface area contributed by atoms with Gasteiger partial charge < -0.3 is 0 Å². The van der Waals surface area contributed by atoms with Crippen LogP contribution in [0, 0.1) is 0 Å². The van der Waals surface area contributed by atoms with Crippen LogP contribution in [0.4, 0.5) is 0 Å². The first kappa shape index (κ1) is 14.9. The molecule has 0 bridgehead atoms. The van der Waals surface area contributed by atoms with Crippen molar-refractivity contribution in [2.45, 2.75) is 18.5 Å².